The second kappa shape index (κ2) is 4.77. The Morgan fingerprint density at radius 2 is 1.94 bits per heavy atom. The second-order valence-corrected chi connectivity index (χ2v) is 3.67. The zero-order valence-electron chi connectivity index (χ0n) is 9.81. The van der Waals surface area contributed by atoms with E-state index in [0.29, 0.717) is 5.56 Å². The molecule has 0 atom stereocenters. The van der Waals surface area contributed by atoms with Crippen molar-refractivity contribution in [2.75, 3.05) is 6.61 Å². The van der Waals surface area contributed by atoms with Crippen molar-refractivity contribution in [1.29, 1.82) is 0 Å². The van der Waals surface area contributed by atoms with E-state index in [-0.39, 0.29) is 17.9 Å². The van der Waals surface area contributed by atoms with Crippen LogP contribution in [0.1, 0.15) is 35.3 Å². The minimum absolute atomic E-state index is 0.115. The number of Topliss-reactive ketones (excluding diaryl/α,β-unsaturated/α-hetero) is 1. The van der Waals surface area contributed by atoms with E-state index >= 15 is 0 Å². The monoisotopic (exact) mass is 246 g/mol. The molecule has 0 fully saturated rings. The lowest BCUT2D eigenvalue weighted by Crippen LogP contribution is -2.14. The summed E-state index contributed by atoms with van der Waals surface area (Å²) < 4.78 is 43.6. The van der Waals surface area contributed by atoms with Crippen molar-refractivity contribution in [3.05, 3.63) is 28.8 Å². The topological polar surface area (TPSA) is 26.3 Å². The van der Waals surface area contributed by atoms with Crippen LogP contribution in [0.3, 0.4) is 0 Å². The van der Waals surface area contributed by atoms with Crippen molar-refractivity contribution in [3.63, 3.8) is 0 Å². The third kappa shape index (κ3) is 2.99. The first-order valence-electron chi connectivity index (χ1n) is 5.13. The molecule has 0 aliphatic carbocycles. The van der Waals surface area contributed by atoms with Crippen molar-refractivity contribution < 1.29 is 22.7 Å². The molecular weight excluding hydrogens is 233 g/mol. The molecule has 1 rings (SSSR count). The summed E-state index contributed by atoms with van der Waals surface area (Å²) >= 11 is 0. The van der Waals surface area contributed by atoms with E-state index in [1.54, 1.807) is 13.8 Å². The van der Waals surface area contributed by atoms with Crippen LogP contribution in [-0.2, 0) is 6.18 Å². The molecule has 0 radical (unpaired) electrons. The molecule has 0 spiro atoms. The minimum atomic E-state index is -4.60. The van der Waals surface area contributed by atoms with Gasteiger partial charge in [0, 0.05) is 5.56 Å². The molecule has 0 heterocycles. The first-order valence-corrected chi connectivity index (χ1v) is 5.13. The second-order valence-electron chi connectivity index (χ2n) is 3.67. The minimum Gasteiger partial charge on any atom is -0.493 e. The van der Waals surface area contributed by atoms with E-state index in [9.17, 15) is 18.0 Å². The van der Waals surface area contributed by atoms with Gasteiger partial charge in [-0.05, 0) is 38.5 Å². The molecule has 0 saturated carbocycles. The first-order chi connectivity index (χ1) is 7.77. The van der Waals surface area contributed by atoms with Gasteiger partial charge in [-0.1, -0.05) is 0 Å². The van der Waals surface area contributed by atoms with Gasteiger partial charge in [0.25, 0.3) is 0 Å². The Morgan fingerprint density at radius 3 is 2.35 bits per heavy atom. The summed E-state index contributed by atoms with van der Waals surface area (Å²) in [6.45, 7) is 4.44. The van der Waals surface area contributed by atoms with Gasteiger partial charge in [-0.25, -0.2) is 0 Å². The number of rotatable bonds is 3. The van der Waals surface area contributed by atoms with Gasteiger partial charge in [-0.2, -0.15) is 13.2 Å². The largest absolute Gasteiger partial charge is 0.493 e. The molecule has 0 aromatic heterocycles. The molecule has 0 saturated heterocycles. The summed E-state index contributed by atoms with van der Waals surface area (Å²) in [4.78, 5) is 11.3. The maximum absolute atomic E-state index is 12.9. The first kappa shape index (κ1) is 13.5. The van der Waals surface area contributed by atoms with Crippen LogP contribution >= 0.6 is 0 Å². The fourth-order valence-electron chi connectivity index (χ4n) is 1.59. The number of hydrogen-bond acceptors (Lipinski definition) is 2. The van der Waals surface area contributed by atoms with Gasteiger partial charge in [-0.3, -0.25) is 4.79 Å². The van der Waals surface area contributed by atoms with Crippen LogP contribution in [-0.4, -0.2) is 12.4 Å². The van der Waals surface area contributed by atoms with Gasteiger partial charge in [0.05, 0.1) is 6.61 Å². The van der Waals surface area contributed by atoms with E-state index in [4.69, 9.17) is 4.74 Å². The zero-order chi connectivity index (χ0) is 13.2. The van der Waals surface area contributed by atoms with E-state index in [2.05, 4.69) is 0 Å². The predicted octanol–water partition coefficient (Wildman–Crippen LogP) is 3.62. The Morgan fingerprint density at radius 1 is 1.35 bits per heavy atom. The van der Waals surface area contributed by atoms with Crippen LogP contribution in [0.4, 0.5) is 13.2 Å². The molecular formula is C12H13F3O2. The molecule has 1 aromatic rings. The highest BCUT2D eigenvalue weighted by Crippen LogP contribution is 2.39. The van der Waals surface area contributed by atoms with E-state index in [1.165, 1.54) is 12.1 Å². The fourth-order valence-corrected chi connectivity index (χ4v) is 1.59. The maximum atomic E-state index is 12.9. The van der Waals surface area contributed by atoms with Gasteiger partial charge in [-0.15, -0.1) is 0 Å². The molecule has 5 heteroatoms. The van der Waals surface area contributed by atoms with Crippen molar-refractivity contribution >= 4 is 5.78 Å². The number of halogens is 3. The van der Waals surface area contributed by atoms with Crippen LogP contribution in [0.25, 0.3) is 0 Å². The SMILES string of the molecule is CCOc1cc(C)cc(C(C)=O)c1C(F)(F)F. The number of benzene rings is 1. The molecule has 0 unspecified atom stereocenters. The van der Waals surface area contributed by atoms with Gasteiger partial charge in [0.2, 0.25) is 0 Å². The van der Waals surface area contributed by atoms with E-state index in [1.807, 2.05) is 0 Å². The number of hydrogen-bond donors (Lipinski definition) is 0. The third-order valence-electron chi connectivity index (χ3n) is 2.21. The van der Waals surface area contributed by atoms with E-state index < -0.39 is 17.5 Å². The third-order valence-corrected chi connectivity index (χ3v) is 2.21. The summed E-state index contributed by atoms with van der Waals surface area (Å²) in [6, 6.07) is 2.52. The summed E-state index contributed by atoms with van der Waals surface area (Å²) in [7, 11) is 0. The Bertz CT molecular complexity index is 436. The van der Waals surface area contributed by atoms with Crippen molar-refractivity contribution in [1.82, 2.24) is 0 Å². The molecule has 0 bridgehead atoms. The van der Waals surface area contributed by atoms with Crippen molar-refractivity contribution in [3.8, 4) is 5.75 Å². The van der Waals surface area contributed by atoms with Gasteiger partial charge in [0.1, 0.15) is 11.3 Å². The van der Waals surface area contributed by atoms with Crippen LogP contribution in [0, 0.1) is 6.92 Å². The van der Waals surface area contributed by atoms with E-state index in [0.717, 1.165) is 6.92 Å². The molecule has 1 aromatic carbocycles. The zero-order valence-corrected chi connectivity index (χ0v) is 9.81. The number of ether oxygens (including phenoxy) is 1. The van der Waals surface area contributed by atoms with Gasteiger partial charge < -0.3 is 4.74 Å². The van der Waals surface area contributed by atoms with Crippen LogP contribution in [0.2, 0.25) is 0 Å². The highest BCUT2D eigenvalue weighted by molar-refractivity contribution is 5.96. The van der Waals surface area contributed by atoms with Crippen LogP contribution in [0.5, 0.6) is 5.75 Å². The number of alkyl halides is 3. The predicted molar refractivity (Wildman–Crippen MR) is 57.4 cm³/mol. The molecule has 94 valence electrons. The van der Waals surface area contributed by atoms with Crippen molar-refractivity contribution in [2.24, 2.45) is 0 Å². The van der Waals surface area contributed by atoms with Gasteiger partial charge in [0.15, 0.2) is 5.78 Å². The summed E-state index contributed by atoms with van der Waals surface area (Å²) in [6.07, 6.45) is -4.60. The lowest BCUT2D eigenvalue weighted by molar-refractivity contribution is -0.139. The van der Waals surface area contributed by atoms with Crippen LogP contribution < -0.4 is 4.74 Å². The standard InChI is InChI=1S/C12H13F3O2/c1-4-17-10-6-7(2)5-9(8(3)16)11(10)12(13,14)15/h5-6H,4H2,1-3H3. The maximum Gasteiger partial charge on any atom is 0.420 e. The number of aryl methyl sites for hydroxylation is 1. The highest BCUT2D eigenvalue weighted by Gasteiger charge is 2.38. The Hall–Kier alpha value is -1.52. The molecule has 17 heavy (non-hydrogen) atoms. The van der Waals surface area contributed by atoms with Gasteiger partial charge >= 0.3 is 6.18 Å². The summed E-state index contributed by atoms with van der Waals surface area (Å²) in [5, 5.41) is 0. The quantitative estimate of drug-likeness (QED) is 0.761. The van der Waals surface area contributed by atoms with Crippen LogP contribution in [0.15, 0.2) is 12.1 Å². The number of carbonyl (C=O) groups is 1. The number of carbonyl (C=O) groups excluding carboxylic acids is 1. The fraction of sp³-hybridized carbons (Fsp3) is 0.417. The molecule has 2 nitrogen and oxygen atoms in total. The lowest BCUT2D eigenvalue weighted by Gasteiger charge is -2.17. The van der Waals surface area contributed by atoms with Crippen molar-refractivity contribution in [2.45, 2.75) is 26.9 Å². The molecule has 0 N–H and O–H groups in total. The average Bonchev–Trinajstić information content (AvgIpc) is 2.14. The summed E-state index contributed by atoms with van der Waals surface area (Å²) in [5.74, 6) is -0.910. The Labute approximate surface area is 97.4 Å². The Kier molecular flexibility index (Phi) is 3.80. The molecule has 0 aliphatic heterocycles. The summed E-state index contributed by atoms with van der Waals surface area (Å²) in [5.41, 5.74) is -0.773. The highest BCUT2D eigenvalue weighted by atomic mass is 19.4. The average molecular weight is 246 g/mol. The number of ketones is 1. The Balaban J connectivity index is 3.53. The molecule has 0 aliphatic rings. The molecule has 0 amide bonds. The smallest absolute Gasteiger partial charge is 0.420 e. The lowest BCUT2D eigenvalue weighted by atomic mass is 10.00. The normalized spacial score (nSPS) is 11.4.